The quantitative estimate of drug-likeness (QED) is 0.866. The number of carboxylic acid groups (broad SMARTS) is 1. The van der Waals surface area contributed by atoms with Crippen LogP contribution in [0, 0.1) is 0 Å². The highest BCUT2D eigenvalue weighted by Crippen LogP contribution is 2.18. The minimum atomic E-state index is -1.24. The molecule has 0 saturated carbocycles. The number of hydrogen-bond donors (Lipinski definition) is 1. The molecule has 0 aliphatic heterocycles. The summed E-state index contributed by atoms with van der Waals surface area (Å²) in [6, 6.07) is 7.47. The van der Waals surface area contributed by atoms with Crippen molar-refractivity contribution in [1.82, 2.24) is 4.90 Å². The van der Waals surface area contributed by atoms with E-state index in [4.69, 9.17) is 5.11 Å². The molecule has 1 rings (SSSR count). The van der Waals surface area contributed by atoms with Crippen molar-refractivity contribution >= 4 is 33.9 Å². The van der Waals surface area contributed by atoms with E-state index in [1.807, 2.05) is 24.3 Å². The zero-order valence-electron chi connectivity index (χ0n) is 11.1. The maximum atomic E-state index is 11.9. The topological polar surface area (TPSA) is 57.6 Å². The maximum Gasteiger partial charge on any atom is 0.329 e. The van der Waals surface area contributed by atoms with E-state index >= 15 is 0 Å². The molecule has 1 aromatic rings. The van der Waals surface area contributed by atoms with Crippen LogP contribution in [-0.2, 0) is 9.59 Å². The molecule has 102 valence electrons. The van der Waals surface area contributed by atoms with Crippen LogP contribution in [0.3, 0.4) is 0 Å². The van der Waals surface area contributed by atoms with E-state index in [1.165, 1.54) is 31.9 Å². The van der Waals surface area contributed by atoms with Gasteiger partial charge in [0.05, 0.1) is 0 Å². The first-order valence-corrected chi connectivity index (χ1v) is 6.50. The van der Waals surface area contributed by atoms with Crippen LogP contribution in [0.5, 0.6) is 0 Å². The fourth-order valence-corrected chi connectivity index (χ4v) is 1.72. The Morgan fingerprint density at radius 2 is 1.89 bits per heavy atom. The molecule has 0 aliphatic rings. The summed E-state index contributed by atoms with van der Waals surface area (Å²) < 4.78 is 0.874. The summed E-state index contributed by atoms with van der Waals surface area (Å²) in [5.74, 6) is -1.40. The third-order valence-electron chi connectivity index (χ3n) is 3.00. The van der Waals surface area contributed by atoms with E-state index in [2.05, 4.69) is 15.9 Å². The molecule has 1 N–H and O–H groups in total. The van der Waals surface area contributed by atoms with Gasteiger partial charge in [-0.05, 0) is 31.6 Å². The summed E-state index contributed by atoms with van der Waals surface area (Å²) in [5, 5.41) is 9.06. The van der Waals surface area contributed by atoms with Crippen molar-refractivity contribution < 1.29 is 14.7 Å². The summed E-state index contributed by atoms with van der Waals surface area (Å²) in [4.78, 5) is 24.2. The van der Waals surface area contributed by atoms with Gasteiger partial charge in [-0.15, -0.1) is 0 Å². The van der Waals surface area contributed by atoms with Crippen LogP contribution in [0.2, 0.25) is 0 Å². The molecule has 4 nitrogen and oxygen atoms in total. The van der Waals surface area contributed by atoms with E-state index in [9.17, 15) is 9.59 Å². The van der Waals surface area contributed by atoms with E-state index < -0.39 is 11.5 Å². The Hall–Kier alpha value is -1.62. The lowest BCUT2D eigenvalue weighted by atomic mass is 10.0. The normalized spacial score (nSPS) is 11.6. The van der Waals surface area contributed by atoms with Crippen molar-refractivity contribution in [2.45, 2.75) is 19.4 Å². The van der Waals surface area contributed by atoms with Crippen molar-refractivity contribution in [3.8, 4) is 0 Å². The van der Waals surface area contributed by atoms with Gasteiger partial charge in [0.15, 0.2) is 0 Å². The molecule has 0 spiro atoms. The molecule has 1 aromatic carbocycles. The lowest BCUT2D eigenvalue weighted by Crippen LogP contribution is -2.50. The zero-order chi connectivity index (χ0) is 14.6. The standard InChI is InChI=1S/C14H16BrNO3/c1-14(2,13(18)19)16(3)12(17)9-8-10-6-4-5-7-11(10)15/h4-9H,1-3H3,(H,18,19). The summed E-state index contributed by atoms with van der Waals surface area (Å²) in [6.45, 7) is 2.97. The number of benzene rings is 1. The average molecular weight is 326 g/mol. The van der Waals surface area contributed by atoms with Gasteiger partial charge in [0.1, 0.15) is 5.54 Å². The SMILES string of the molecule is CN(C(=O)C=Cc1ccccc1Br)C(C)(C)C(=O)O. The molecule has 5 heteroatoms. The molecule has 0 aliphatic carbocycles. The second-order valence-electron chi connectivity index (χ2n) is 4.62. The van der Waals surface area contributed by atoms with Crippen molar-refractivity contribution in [3.63, 3.8) is 0 Å². The molecule has 0 heterocycles. The molecule has 0 saturated heterocycles. The molecule has 19 heavy (non-hydrogen) atoms. The Labute approximate surface area is 120 Å². The predicted molar refractivity (Wildman–Crippen MR) is 77.7 cm³/mol. The van der Waals surface area contributed by atoms with Crippen LogP contribution in [-0.4, -0.2) is 34.5 Å². The summed E-state index contributed by atoms with van der Waals surface area (Å²) in [6.07, 6.45) is 3.02. The number of amides is 1. The highest BCUT2D eigenvalue weighted by molar-refractivity contribution is 9.10. The van der Waals surface area contributed by atoms with Crippen LogP contribution >= 0.6 is 15.9 Å². The van der Waals surface area contributed by atoms with Crippen LogP contribution in [0.1, 0.15) is 19.4 Å². The van der Waals surface area contributed by atoms with Gasteiger partial charge >= 0.3 is 5.97 Å². The fraction of sp³-hybridized carbons (Fsp3) is 0.286. The van der Waals surface area contributed by atoms with E-state index in [-0.39, 0.29) is 5.91 Å². The van der Waals surface area contributed by atoms with E-state index in [0.29, 0.717) is 0 Å². The largest absolute Gasteiger partial charge is 0.480 e. The fourth-order valence-electron chi connectivity index (χ4n) is 1.30. The molecule has 0 radical (unpaired) electrons. The van der Waals surface area contributed by atoms with Gasteiger partial charge in [0, 0.05) is 17.6 Å². The van der Waals surface area contributed by atoms with Gasteiger partial charge in [-0.2, -0.15) is 0 Å². The van der Waals surface area contributed by atoms with E-state index in [0.717, 1.165) is 10.0 Å². The zero-order valence-corrected chi connectivity index (χ0v) is 12.6. The molecular formula is C14H16BrNO3. The second kappa shape index (κ2) is 6.02. The molecule has 0 bridgehead atoms. The smallest absolute Gasteiger partial charge is 0.329 e. The lowest BCUT2D eigenvalue weighted by molar-refractivity contribution is -0.153. The van der Waals surface area contributed by atoms with Gasteiger partial charge < -0.3 is 10.0 Å². The maximum absolute atomic E-state index is 11.9. The first-order chi connectivity index (χ1) is 8.76. The molecule has 0 atom stereocenters. The minimum absolute atomic E-state index is 0.358. The van der Waals surface area contributed by atoms with Crippen molar-refractivity contribution in [3.05, 3.63) is 40.4 Å². The molecule has 0 fully saturated rings. The number of carboxylic acids is 1. The van der Waals surface area contributed by atoms with Crippen LogP contribution in [0.25, 0.3) is 6.08 Å². The number of likely N-dealkylation sites (N-methyl/N-ethyl adjacent to an activating group) is 1. The number of nitrogens with zero attached hydrogens (tertiary/aromatic N) is 1. The number of rotatable bonds is 4. The molecule has 0 unspecified atom stereocenters. The van der Waals surface area contributed by atoms with Crippen LogP contribution < -0.4 is 0 Å². The Morgan fingerprint density at radius 3 is 2.42 bits per heavy atom. The molecule has 1 amide bonds. The van der Waals surface area contributed by atoms with Crippen molar-refractivity contribution in [2.24, 2.45) is 0 Å². The number of hydrogen-bond acceptors (Lipinski definition) is 2. The van der Waals surface area contributed by atoms with Gasteiger partial charge in [-0.3, -0.25) is 4.79 Å². The van der Waals surface area contributed by atoms with Gasteiger partial charge in [0.2, 0.25) is 5.91 Å². The second-order valence-corrected chi connectivity index (χ2v) is 5.47. The number of carbonyl (C=O) groups excluding carboxylic acids is 1. The first-order valence-electron chi connectivity index (χ1n) is 5.70. The monoisotopic (exact) mass is 325 g/mol. The predicted octanol–water partition coefficient (Wildman–Crippen LogP) is 2.78. The number of halogens is 1. The van der Waals surface area contributed by atoms with Crippen LogP contribution in [0.4, 0.5) is 0 Å². The average Bonchev–Trinajstić information content (AvgIpc) is 2.36. The minimum Gasteiger partial charge on any atom is -0.480 e. The van der Waals surface area contributed by atoms with Crippen LogP contribution in [0.15, 0.2) is 34.8 Å². The number of aliphatic carboxylic acids is 1. The third-order valence-corrected chi connectivity index (χ3v) is 3.73. The van der Waals surface area contributed by atoms with Gasteiger partial charge in [0.25, 0.3) is 0 Å². The Morgan fingerprint density at radius 1 is 1.32 bits per heavy atom. The summed E-state index contributed by atoms with van der Waals surface area (Å²) in [5.41, 5.74) is -0.382. The number of carbonyl (C=O) groups is 2. The first kappa shape index (κ1) is 15.4. The Balaban J connectivity index is 2.86. The van der Waals surface area contributed by atoms with Crippen molar-refractivity contribution in [2.75, 3.05) is 7.05 Å². The summed E-state index contributed by atoms with van der Waals surface area (Å²) >= 11 is 3.38. The van der Waals surface area contributed by atoms with Gasteiger partial charge in [-0.25, -0.2) is 4.79 Å². The lowest BCUT2D eigenvalue weighted by Gasteiger charge is -2.30. The summed E-state index contributed by atoms with van der Waals surface area (Å²) in [7, 11) is 1.47. The highest BCUT2D eigenvalue weighted by Gasteiger charge is 2.34. The Bertz CT molecular complexity index is 523. The molecule has 0 aromatic heterocycles. The van der Waals surface area contributed by atoms with Gasteiger partial charge in [-0.1, -0.05) is 34.1 Å². The van der Waals surface area contributed by atoms with E-state index in [1.54, 1.807) is 6.08 Å². The third kappa shape index (κ3) is 3.67. The molecular weight excluding hydrogens is 310 g/mol. The Kier molecular flexibility index (Phi) is 4.89. The highest BCUT2D eigenvalue weighted by atomic mass is 79.9. The van der Waals surface area contributed by atoms with Crippen molar-refractivity contribution in [1.29, 1.82) is 0 Å².